The molecule has 3 unspecified atom stereocenters. The average Bonchev–Trinajstić information content (AvgIpc) is 3.37. The van der Waals surface area contributed by atoms with Crippen LogP contribution < -0.4 is 10.2 Å². The van der Waals surface area contributed by atoms with E-state index in [-0.39, 0.29) is 18.2 Å². The van der Waals surface area contributed by atoms with E-state index in [9.17, 15) is 0 Å². The van der Waals surface area contributed by atoms with Crippen molar-refractivity contribution in [2.45, 2.75) is 44.9 Å². The molecule has 1 N–H and O–H groups in total. The summed E-state index contributed by atoms with van der Waals surface area (Å²) in [5.74, 6) is 0. The number of nitrogens with one attached hydrogen (secondary N) is 1. The van der Waals surface area contributed by atoms with Crippen molar-refractivity contribution in [2.24, 2.45) is 9.98 Å². The molecule has 31 heavy (non-hydrogen) atoms. The van der Waals surface area contributed by atoms with Gasteiger partial charge in [0, 0.05) is 23.8 Å². The molecule has 0 spiro atoms. The van der Waals surface area contributed by atoms with Gasteiger partial charge in [0.25, 0.3) is 12.0 Å². The van der Waals surface area contributed by atoms with Crippen LogP contribution in [0.4, 0.5) is 5.69 Å². The fraction of sp³-hybridized carbons (Fsp3) is 0.417. The summed E-state index contributed by atoms with van der Waals surface area (Å²) in [6, 6.07) is 19.5. The lowest BCUT2D eigenvalue weighted by molar-refractivity contribution is 0.201. The highest BCUT2D eigenvalue weighted by Crippen LogP contribution is 2.20. The van der Waals surface area contributed by atoms with Gasteiger partial charge in [-0.1, -0.05) is 41.9 Å². The van der Waals surface area contributed by atoms with E-state index in [0.29, 0.717) is 18.7 Å². The van der Waals surface area contributed by atoms with Crippen molar-refractivity contribution in [3.63, 3.8) is 0 Å². The summed E-state index contributed by atoms with van der Waals surface area (Å²) in [7, 11) is 0. The number of nitrogens with zero attached hydrogens (tertiary/aromatic N) is 3. The lowest BCUT2D eigenvalue weighted by atomic mass is 10.0. The fourth-order valence-electron chi connectivity index (χ4n) is 3.85. The van der Waals surface area contributed by atoms with Gasteiger partial charge in [0.05, 0.1) is 6.04 Å². The van der Waals surface area contributed by atoms with E-state index in [1.54, 1.807) is 0 Å². The Balaban J connectivity index is 1.31. The van der Waals surface area contributed by atoms with Gasteiger partial charge < -0.3 is 14.4 Å². The van der Waals surface area contributed by atoms with Crippen molar-refractivity contribution < 1.29 is 9.47 Å². The topological polar surface area (TPSA) is 58.5 Å². The van der Waals surface area contributed by atoms with E-state index >= 15 is 0 Å². The van der Waals surface area contributed by atoms with Crippen LogP contribution in [-0.4, -0.2) is 49.9 Å². The number of benzene rings is 2. The maximum absolute atomic E-state index is 6.01. The van der Waals surface area contributed by atoms with E-state index in [4.69, 9.17) is 26.1 Å². The molecule has 6 nitrogen and oxygen atoms in total. The largest absolute Gasteiger partial charge is 0.463 e. The molecule has 4 rings (SSSR count). The Morgan fingerprint density at radius 2 is 1.84 bits per heavy atom. The van der Waals surface area contributed by atoms with Crippen molar-refractivity contribution in [3.8, 4) is 0 Å². The zero-order valence-electron chi connectivity index (χ0n) is 18.0. The van der Waals surface area contributed by atoms with Crippen LogP contribution in [0.15, 0.2) is 64.6 Å². The molecule has 0 fully saturated rings. The van der Waals surface area contributed by atoms with Crippen molar-refractivity contribution >= 4 is 29.3 Å². The molecule has 3 atom stereocenters. The summed E-state index contributed by atoms with van der Waals surface area (Å²) < 4.78 is 11.7. The maximum atomic E-state index is 6.01. The smallest absolute Gasteiger partial charge is 0.293 e. The van der Waals surface area contributed by atoms with Gasteiger partial charge in [-0.05, 0) is 56.5 Å². The molecule has 0 bridgehead atoms. The second-order valence-corrected chi connectivity index (χ2v) is 8.32. The Hall–Kier alpha value is -2.73. The number of ether oxygens (including phenoxy) is 2. The van der Waals surface area contributed by atoms with Gasteiger partial charge in [0.1, 0.15) is 18.8 Å². The lowest BCUT2D eigenvalue weighted by Crippen LogP contribution is -2.32. The van der Waals surface area contributed by atoms with Gasteiger partial charge in [0.15, 0.2) is 0 Å². The monoisotopic (exact) mass is 440 g/mol. The van der Waals surface area contributed by atoms with E-state index in [1.165, 1.54) is 5.56 Å². The molecule has 2 aliphatic rings. The molecule has 0 saturated carbocycles. The molecule has 0 radical (unpaired) electrons. The quantitative estimate of drug-likeness (QED) is 0.697. The Bertz CT molecular complexity index is 917. The summed E-state index contributed by atoms with van der Waals surface area (Å²) in [4.78, 5) is 11.7. The van der Waals surface area contributed by atoms with Crippen molar-refractivity contribution in [3.05, 3.63) is 65.2 Å². The van der Waals surface area contributed by atoms with Crippen LogP contribution >= 0.6 is 11.6 Å². The molecule has 2 aromatic carbocycles. The van der Waals surface area contributed by atoms with Gasteiger partial charge in [0.2, 0.25) is 0 Å². The van der Waals surface area contributed by atoms with Gasteiger partial charge >= 0.3 is 0 Å². The minimum Gasteiger partial charge on any atom is -0.463 e. The molecule has 2 aliphatic heterocycles. The number of rotatable bonds is 7. The summed E-state index contributed by atoms with van der Waals surface area (Å²) in [6.07, 6.45) is 1.95. The predicted octanol–water partition coefficient (Wildman–Crippen LogP) is 4.29. The van der Waals surface area contributed by atoms with Crippen LogP contribution in [0.2, 0.25) is 5.02 Å². The van der Waals surface area contributed by atoms with Gasteiger partial charge in [-0.2, -0.15) is 0 Å². The number of hydrogen-bond donors (Lipinski definition) is 1. The van der Waals surface area contributed by atoms with Gasteiger partial charge in [-0.3, -0.25) is 5.32 Å². The Labute approximate surface area is 188 Å². The van der Waals surface area contributed by atoms with E-state index < -0.39 is 0 Å². The first-order valence-electron chi connectivity index (χ1n) is 10.9. The highest BCUT2D eigenvalue weighted by atomic mass is 35.5. The van der Waals surface area contributed by atoms with Crippen LogP contribution in [0.1, 0.15) is 25.8 Å². The summed E-state index contributed by atoms with van der Waals surface area (Å²) >= 11 is 6.01. The third-order valence-electron chi connectivity index (χ3n) is 5.62. The second kappa shape index (κ2) is 10.1. The first kappa shape index (κ1) is 21.5. The maximum Gasteiger partial charge on any atom is 0.293 e. The number of amidine groups is 2. The molecule has 0 aromatic heterocycles. The van der Waals surface area contributed by atoms with Crippen molar-refractivity contribution in [2.75, 3.05) is 24.6 Å². The molecule has 0 saturated heterocycles. The highest BCUT2D eigenvalue weighted by molar-refractivity contribution is 6.30. The molecule has 7 heteroatoms. The Morgan fingerprint density at radius 3 is 2.58 bits per heavy atom. The van der Waals surface area contributed by atoms with Crippen molar-refractivity contribution in [1.29, 1.82) is 0 Å². The van der Waals surface area contributed by atoms with Crippen LogP contribution in [0.3, 0.4) is 0 Å². The Kier molecular flexibility index (Phi) is 6.97. The van der Waals surface area contributed by atoms with E-state index in [2.05, 4.69) is 53.3 Å². The molecule has 2 aromatic rings. The number of aliphatic imine (C=N–C) groups is 2. The zero-order valence-corrected chi connectivity index (χ0v) is 18.8. The van der Waals surface area contributed by atoms with E-state index in [1.807, 2.05) is 30.3 Å². The molecule has 0 aliphatic carbocycles. The lowest BCUT2D eigenvalue weighted by Gasteiger charge is -2.24. The fourth-order valence-corrected chi connectivity index (χ4v) is 3.98. The number of anilines is 1. The zero-order chi connectivity index (χ0) is 21.6. The number of aryl methyl sites for hydroxylation is 1. The van der Waals surface area contributed by atoms with Crippen molar-refractivity contribution in [1.82, 2.24) is 5.32 Å². The Morgan fingerprint density at radius 1 is 1.06 bits per heavy atom. The van der Waals surface area contributed by atoms with Crippen LogP contribution in [0.5, 0.6) is 0 Å². The third-order valence-corrected chi connectivity index (χ3v) is 5.88. The third kappa shape index (κ3) is 5.70. The predicted molar refractivity (Wildman–Crippen MR) is 126 cm³/mol. The summed E-state index contributed by atoms with van der Waals surface area (Å²) in [5.41, 5.74) is 2.45. The SMILES string of the molecule is CCN(CC1COC(NC2=NC(CCc3ccccc3)C(C)O2)=N1)c1ccc(Cl)cc1. The van der Waals surface area contributed by atoms with Gasteiger partial charge in [-0.25, -0.2) is 9.98 Å². The first-order valence-corrected chi connectivity index (χ1v) is 11.2. The number of hydrogen-bond acceptors (Lipinski definition) is 6. The van der Waals surface area contributed by atoms with E-state index in [0.717, 1.165) is 36.6 Å². The molecular formula is C24H29ClN4O2. The summed E-state index contributed by atoms with van der Waals surface area (Å²) in [6.45, 7) is 6.37. The number of likely N-dealkylation sites (N-methyl/N-ethyl adjacent to an activating group) is 1. The average molecular weight is 441 g/mol. The van der Waals surface area contributed by atoms with Gasteiger partial charge in [-0.15, -0.1) is 0 Å². The molecule has 164 valence electrons. The number of halogens is 1. The normalized spacial score (nSPS) is 22.4. The summed E-state index contributed by atoms with van der Waals surface area (Å²) in [5, 5.41) is 3.86. The van der Waals surface area contributed by atoms with Crippen LogP contribution in [0.25, 0.3) is 0 Å². The molecule has 0 amide bonds. The first-order chi connectivity index (χ1) is 15.1. The molecular weight excluding hydrogens is 412 g/mol. The second-order valence-electron chi connectivity index (χ2n) is 7.89. The minimum absolute atomic E-state index is 0.0319. The van der Waals surface area contributed by atoms with Crippen LogP contribution in [-0.2, 0) is 15.9 Å². The standard InChI is InChI=1S/C24H29ClN4O2/c1-3-29(21-12-10-19(25)11-13-21)15-20-16-30-23(26-20)28-24-27-22(17(2)31-24)14-9-18-7-5-4-6-8-18/h4-8,10-13,17,20,22H,3,9,14-16H2,1-2H3,(H,26,27,28). The minimum atomic E-state index is 0.0319. The van der Waals surface area contributed by atoms with Crippen LogP contribution in [0, 0.1) is 0 Å². The molecule has 2 heterocycles. The highest BCUT2D eigenvalue weighted by Gasteiger charge is 2.29.